The van der Waals surface area contributed by atoms with Crippen LogP contribution < -0.4 is 0 Å². The molecule has 6 nitrogen and oxygen atoms in total. The van der Waals surface area contributed by atoms with Crippen molar-refractivity contribution in [3.8, 4) is 11.5 Å². The lowest BCUT2D eigenvalue weighted by Gasteiger charge is -2.43. The third-order valence-corrected chi connectivity index (χ3v) is 10.8. The molecule has 2 N–H and O–H groups in total. The topological polar surface area (TPSA) is 77.4 Å². The van der Waals surface area contributed by atoms with E-state index in [-0.39, 0.29) is 39.7 Å². The molecule has 2 aliphatic rings. The number of ether oxygens (including phenoxy) is 4. The number of aryl methyl sites for hydroxylation is 2. The third kappa shape index (κ3) is 8.73. The minimum absolute atomic E-state index is 0.114. The van der Waals surface area contributed by atoms with E-state index in [0.29, 0.717) is 37.9 Å². The standard InChI is InChI=1S/C41H64O6/c1-13-39(9,10)31-21-27(19-29(35(31)42)37(3,4)5)15-17-33-44-23-41(24-45-33)25-46-34(47-26-41)18-16-28-20-30(38(6,7)8)36(43)32(22-28)40(11,12)14-2/h19-22,33-34,42-43H,13-18,23-26H2,1-12H3. The lowest BCUT2D eigenvalue weighted by molar-refractivity contribution is -0.303. The number of hydrogen-bond donors (Lipinski definition) is 2. The van der Waals surface area contributed by atoms with E-state index in [1.165, 1.54) is 11.1 Å². The van der Waals surface area contributed by atoms with Crippen molar-refractivity contribution in [1.29, 1.82) is 0 Å². The van der Waals surface area contributed by atoms with Crippen LogP contribution in [0.1, 0.15) is 142 Å². The van der Waals surface area contributed by atoms with Crippen molar-refractivity contribution in [1.82, 2.24) is 0 Å². The minimum Gasteiger partial charge on any atom is -0.507 e. The molecule has 47 heavy (non-hydrogen) atoms. The zero-order valence-corrected chi connectivity index (χ0v) is 31.6. The Morgan fingerprint density at radius 1 is 0.553 bits per heavy atom. The molecule has 0 radical (unpaired) electrons. The van der Waals surface area contributed by atoms with Gasteiger partial charge in [0.25, 0.3) is 0 Å². The van der Waals surface area contributed by atoms with Gasteiger partial charge in [-0.05, 0) is 69.6 Å². The maximum Gasteiger partial charge on any atom is 0.157 e. The quantitative estimate of drug-likeness (QED) is 0.266. The van der Waals surface area contributed by atoms with Gasteiger partial charge in [-0.3, -0.25) is 0 Å². The monoisotopic (exact) mass is 652 g/mol. The summed E-state index contributed by atoms with van der Waals surface area (Å²) in [7, 11) is 0. The van der Waals surface area contributed by atoms with Gasteiger partial charge in [0.1, 0.15) is 11.5 Å². The fourth-order valence-electron chi connectivity index (χ4n) is 6.56. The summed E-state index contributed by atoms with van der Waals surface area (Å²) in [6, 6.07) is 8.67. The first-order valence-electron chi connectivity index (χ1n) is 17.9. The molecular weight excluding hydrogens is 588 g/mol. The van der Waals surface area contributed by atoms with Gasteiger partial charge < -0.3 is 29.2 Å². The molecule has 0 bridgehead atoms. The van der Waals surface area contributed by atoms with Crippen LogP contribution in [0, 0.1) is 5.41 Å². The SMILES string of the molecule is CCC(C)(C)c1cc(CCC2OCC3(CO2)COC(CCc2cc(C(C)(C)C)c(O)c(C(C)(C)CC)c2)OC3)cc(C(C)(C)C)c1O. The Morgan fingerprint density at radius 2 is 0.851 bits per heavy atom. The number of aromatic hydroxyl groups is 2. The number of phenolic OH excluding ortho intramolecular Hbond substituents is 2. The zero-order valence-electron chi connectivity index (χ0n) is 31.6. The highest BCUT2D eigenvalue weighted by Crippen LogP contribution is 2.43. The summed E-state index contributed by atoms with van der Waals surface area (Å²) in [5.41, 5.74) is 5.60. The molecule has 2 aromatic carbocycles. The first kappa shape index (κ1) is 37.7. The van der Waals surface area contributed by atoms with E-state index < -0.39 is 0 Å². The predicted molar refractivity (Wildman–Crippen MR) is 191 cm³/mol. The average Bonchev–Trinajstić information content (AvgIpc) is 3.00. The Balaban J connectivity index is 1.33. The van der Waals surface area contributed by atoms with Crippen LogP contribution in [0.4, 0.5) is 0 Å². The summed E-state index contributed by atoms with van der Waals surface area (Å²) in [5, 5.41) is 22.4. The van der Waals surface area contributed by atoms with Crippen molar-refractivity contribution in [2.45, 2.75) is 156 Å². The zero-order chi connectivity index (χ0) is 35.0. The molecule has 2 heterocycles. The molecule has 4 rings (SSSR count). The normalized spacial score (nSPS) is 23.0. The second kappa shape index (κ2) is 14.0. The van der Waals surface area contributed by atoms with Gasteiger partial charge in [-0.15, -0.1) is 0 Å². The van der Waals surface area contributed by atoms with Crippen molar-refractivity contribution in [3.05, 3.63) is 57.6 Å². The number of hydrogen-bond acceptors (Lipinski definition) is 6. The van der Waals surface area contributed by atoms with Gasteiger partial charge in [0, 0.05) is 24.0 Å². The van der Waals surface area contributed by atoms with Crippen LogP contribution in [0.3, 0.4) is 0 Å². The fourth-order valence-corrected chi connectivity index (χ4v) is 6.56. The summed E-state index contributed by atoms with van der Waals surface area (Å²) in [6.07, 6.45) is 4.47. The fraction of sp³-hybridized carbons (Fsp3) is 0.707. The van der Waals surface area contributed by atoms with Crippen LogP contribution in [0.15, 0.2) is 24.3 Å². The molecule has 0 amide bonds. The minimum atomic E-state index is -0.292. The van der Waals surface area contributed by atoms with E-state index in [1.807, 2.05) is 0 Å². The predicted octanol–water partition coefficient (Wildman–Crippen LogP) is 9.37. The summed E-state index contributed by atoms with van der Waals surface area (Å²) >= 11 is 0. The smallest absolute Gasteiger partial charge is 0.157 e. The van der Waals surface area contributed by atoms with Crippen LogP contribution >= 0.6 is 0 Å². The molecule has 6 heteroatoms. The highest BCUT2D eigenvalue weighted by molar-refractivity contribution is 5.51. The molecule has 1 spiro atoms. The molecule has 0 aromatic heterocycles. The van der Waals surface area contributed by atoms with Crippen LogP contribution in [-0.2, 0) is 53.4 Å². The van der Waals surface area contributed by atoms with Gasteiger partial charge in [-0.25, -0.2) is 0 Å². The Labute approximate surface area is 285 Å². The second-order valence-corrected chi connectivity index (χ2v) is 17.7. The van der Waals surface area contributed by atoms with Crippen LogP contribution in [0.2, 0.25) is 0 Å². The van der Waals surface area contributed by atoms with Crippen molar-refractivity contribution in [2.75, 3.05) is 26.4 Å². The molecule has 2 aliphatic heterocycles. The van der Waals surface area contributed by atoms with E-state index in [2.05, 4.69) is 107 Å². The third-order valence-electron chi connectivity index (χ3n) is 10.8. The molecule has 0 atom stereocenters. The van der Waals surface area contributed by atoms with E-state index in [1.54, 1.807) is 0 Å². The highest BCUT2D eigenvalue weighted by atomic mass is 16.7. The van der Waals surface area contributed by atoms with Crippen molar-refractivity contribution >= 4 is 0 Å². The molecular formula is C41H64O6. The first-order chi connectivity index (χ1) is 21.7. The Morgan fingerprint density at radius 3 is 1.13 bits per heavy atom. The van der Waals surface area contributed by atoms with Crippen LogP contribution in [0.25, 0.3) is 0 Å². The van der Waals surface area contributed by atoms with Gasteiger partial charge in [-0.1, -0.05) is 107 Å². The van der Waals surface area contributed by atoms with Crippen molar-refractivity contribution < 1.29 is 29.2 Å². The average molecular weight is 653 g/mol. The Kier molecular flexibility index (Phi) is 11.2. The van der Waals surface area contributed by atoms with E-state index in [4.69, 9.17) is 18.9 Å². The van der Waals surface area contributed by atoms with E-state index in [0.717, 1.165) is 60.8 Å². The van der Waals surface area contributed by atoms with Crippen molar-refractivity contribution in [3.63, 3.8) is 0 Å². The Hall–Kier alpha value is -2.12. The lowest BCUT2D eigenvalue weighted by Crippen LogP contribution is -2.52. The van der Waals surface area contributed by atoms with Gasteiger partial charge in [0.2, 0.25) is 0 Å². The molecule has 2 aromatic rings. The maximum atomic E-state index is 11.2. The molecule has 0 saturated carbocycles. The molecule has 264 valence electrons. The van der Waals surface area contributed by atoms with Gasteiger partial charge in [0.15, 0.2) is 12.6 Å². The molecule has 0 unspecified atom stereocenters. The maximum absolute atomic E-state index is 11.2. The highest BCUT2D eigenvalue weighted by Gasteiger charge is 2.42. The second-order valence-electron chi connectivity index (χ2n) is 17.7. The Bertz CT molecular complexity index is 1250. The largest absolute Gasteiger partial charge is 0.507 e. The first-order valence-corrected chi connectivity index (χ1v) is 17.9. The van der Waals surface area contributed by atoms with E-state index >= 15 is 0 Å². The van der Waals surface area contributed by atoms with Gasteiger partial charge in [-0.2, -0.15) is 0 Å². The van der Waals surface area contributed by atoms with Crippen LogP contribution in [-0.4, -0.2) is 49.2 Å². The number of benzene rings is 2. The summed E-state index contributed by atoms with van der Waals surface area (Å²) in [6.45, 7) is 28.2. The summed E-state index contributed by atoms with van der Waals surface area (Å²) < 4.78 is 25.0. The lowest BCUT2D eigenvalue weighted by atomic mass is 9.76. The molecule has 2 fully saturated rings. The number of phenols is 2. The van der Waals surface area contributed by atoms with Crippen molar-refractivity contribution in [2.24, 2.45) is 5.41 Å². The molecule has 0 aliphatic carbocycles. The van der Waals surface area contributed by atoms with Gasteiger partial charge in [0.05, 0.1) is 31.8 Å². The van der Waals surface area contributed by atoms with Gasteiger partial charge >= 0.3 is 0 Å². The molecule has 2 saturated heterocycles. The summed E-state index contributed by atoms with van der Waals surface area (Å²) in [4.78, 5) is 0. The van der Waals surface area contributed by atoms with E-state index in [9.17, 15) is 10.2 Å². The number of rotatable bonds is 10. The van der Waals surface area contributed by atoms with Crippen LogP contribution in [0.5, 0.6) is 11.5 Å². The summed E-state index contributed by atoms with van der Waals surface area (Å²) in [5.74, 6) is 0.859.